The van der Waals surface area contributed by atoms with Gasteiger partial charge in [0.1, 0.15) is 6.29 Å². The van der Waals surface area contributed by atoms with Gasteiger partial charge >= 0.3 is 5.97 Å². The van der Waals surface area contributed by atoms with Crippen LogP contribution in [0.4, 0.5) is 0 Å². The molecule has 3 aliphatic rings. The first-order valence-electron chi connectivity index (χ1n) is 8.97. The van der Waals surface area contributed by atoms with Crippen molar-refractivity contribution in [3.8, 4) is 0 Å². The minimum atomic E-state index is -1.08. The van der Waals surface area contributed by atoms with Crippen LogP contribution in [0.2, 0.25) is 0 Å². The molecular weight excluding hydrogens is 304 g/mol. The number of aliphatic hydroxyl groups is 1. The lowest BCUT2D eigenvalue weighted by atomic mass is 9.50. The number of allylic oxidation sites excluding steroid dienone is 2. The Bertz CT molecular complexity index is 632. The fourth-order valence-electron chi connectivity index (χ4n) is 5.35. The fraction of sp³-hybridized carbons (Fsp3) is 0.700. The summed E-state index contributed by atoms with van der Waals surface area (Å²) in [6.07, 6.45) is 6.07. The van der Waals surface area contributed by atoms with E-state index in [0.717, 1.165) is 37.5 Å². The Labute approximate surface area is 144 Å². The van der Waals surface area contributed by atoms with Crippen molar-refractivity contribution in [2.75, 3.05) is 0 Å². The number of hydrogen-bond donors (Lipinski definition) is 1. The molecule has 2 aliphatic carbocycles. The molecule has 0 aromatic heterocycles. The number of ether oxygens (including phenoxy) is 1. The molecule has 0 aromatic rings. The van der Waals surface area contributed by atoms with E-state index in [1.54, 1.807) is 0 Å². The van der Waals surface area contributed by atoms with Crippen LogP contribution in [-0.2, 0) is 14.3 Å². The van der Waals surface area contributed by atoms with Crippen LogP contribution in [0, 0.1) is 22.7 Å². The van der Waals surface area contributed by atoms with E-state index in [1.165, 1.54) is 11.6 Å². The Hall–Kier alpha value is -1.42. The summed E-state index contributed by atoms with van der Waals surface area (Å²) >= 11 is 0. The summed E-state index contributed by atoms with van der Waals surface area (Å²) in [6, 6.07) is 0. The van der Waals surface area contributed by atoms with Gasteiger partial charge < -0.3 is 9.84 Å². The van der Waals surface area contributed by atoms with Gasteiger partial charge in [-0.3, -0.25) is 4.79 Å². The third-order valence-electron chi connectivity index (χ3n) is 7.49. The molecule has 1 saturated carbocycles. The predicted octanol–water partition coefficient (Wildman–Crippen LogP) is 3.55. The molecule has 0 spiro atoms. The fourth-order valence-corrected chi connectivity index (χ4v) is 5.35. The number of hydrogen-bond acceptors (Lipinski definition) is 4. The molecule has 0 unspecified atom stereocenters. The molecule has 0 radical (unpaired) electrons. The number of cyclic esters (lactones) is 1. The molecule has 4 heteroatoms. The first-order chi connectivity index (χ1) is 11.2. The molecule has 1 fully saturated rings. The van der Waals surface area contributed by atoms with Crippen LogP contribution in [0.1, 0.15) is 59.8 Å². The summed E-state index contributed by atoms with van der Waals surface area (Å²) in [5.74, 6) is 0.528. The van der Waals surface area contributed by atoms with Gasteiger partial charge in [-0.1, -0.05) is 26.3 Å². The smallest absolute Gasteiger partial charge is 0.333 e. The first kappa shape index (κ1) is 17.4. The van der Waals surface area contributed by atoms with Crippen molar-refractivity contribution in [3.05, 3.63) is 22.8 Å². The van der Waals surface area contributed by atoms with Crippen molar-refractivity contribution in [2.24, 2.45) is 22.7 Å². The molecule has 24 heavy (non-hydrogen) atoms. The predicted molar refractivity (Wildman–Crippen MR) is 90.9 cm³/mol. The standard InChI is InChI=1S/C20H28O4/c1-12-5-7-20(4)13(2)15(11-21)9-16(20)19(12,3)8-6-14-10-17(22)24-18(14)23/h10-12,16,18,23H,5-9H2,1-4H3/t12-,16-,18-,19+,20+/m1/s1. The molecule has 0 amide bonds. The molecule has 0 aromatic carbocycles. The Kier molecular flexibility index (Phi) is 4.23. The van der Waals surface area contributed by atoms with E-state index in [0.29, 0.717) is 23.8 Å². The maximum Gasteiger partial charge on any atom is 0.333 e. The van der Waals surface area contributed by atoms with E-state index >= 15 is 0 Å². The van der Waals surface area contributed by atoms with Gasteiger partial charge in [0.2, 0.25) is 6.29 Å². The molecule has 0 bridgehead atoms. The van der Waals surface area contributed by atoms with Gasteiger partial charge in [0.25, 0.3) is 0 Å². The zero-order valence-electron chi connectivity index (χ0n) is 15.1. The van der Waals surface area contributed by atoms with Gasteiger partial charge in [0.15, 0.2) is 0 Å². The molecule has 5 atom stereocenters. The topological polar surface area (TPSA) is 63.6 Å². The second kappa shape index (κ2) is 5.83. The van der Waals surface area contributed by atoms with E-state index in [9.17, 15) is 14.7 Å². The van der Waals surface area contributed by atoms with Gasteiger partial charge in [0.05, 0.1) is 0 Å². The molecule has 1 N–H and O–H groups in total. The largest absolute Gasteiger partial charge is 0.429 e. The lowest BCUT2D eigenvalue weighted by Crippen LogP contribution is -2.46. The van der Waals surface area contributed by atoms with Gasteiger partial charge in [-0.25, -0.2) is 4.79 Å². The molecule has 4 nitrogen and oxygen atoms in total. The second-order valence-electron chi connectivity index (χ2n) is 8.40. The number of carbonyl (C=O) groups excluding carboxylic acids is 2. The third kappa shape index (κ3) is 2.46. The van der Waals surface area contributed by atoms with Crippen LogP contribution < -0.4 is 0 Å². The lowest BCUT2D eigenvalue weighted by molar-refractivity contribution is -0.151. The SMILES string of the molecule is CC1=C(C=O)C[C@@H]2[C@@](C)(CCC3=CC(=O)O[C@H]3O)[C@H](C)CC[C@@]12C. The summed E-state index contributed by atoms with van der Waals surface area (Å²) in [6.45, 7) is 9.06. The van der Waals surface area contributed by atoms with E-state index in [2.05, 4.69) is 27.7 Å². The van der Waals surface area contributed by atoms with Gasteiger partial charge in [-0.05, 0) is 67.3 Å². The van der Waals surface area contributed by atoms with Crippen molar-refractivity contribution in [1.29, 1.82) is 0 Å². The minimum Gasteiger partial charge on any atom is -0.429 e. The summed E-state index contributed by atoms with van der Waals surface area (Å²) in [5, 5.41) is 9.83. The zero-order chi connectivity index (χ0) is 17.7. The minimum absolute atomic E-state index is 0.0746. The van der Waals surface area contributed by atoms with Crippen LogP contribution in [0.3, 0.4) is 0 Å². The molecule has 0 saturated heterocycles. The van der Waals surface area contributed by atoms with Gasteiger partial charge in [-0.15, -0.1) is 0 Å². The van der Waals surface area contributed by atoms with Gasteiger partial charge in [0, 0.05) is 11.6 Å². The Morgan fingerprint density at radius 2 is 2.12 bits per heavy atom. The molecular formula is C20H28O4. The average Bonchev–Trinajstić information content (AvgIpc) is 3.00. The Balaban J connectivity index is 1.84. The Morgan fingerprint density at radius 1 is 1.42 bits per heavy atom. The van der Waals surface area contributed by atoms with E-state index in [1.807, 2.05) is 0 Å². The maximum atomic E-state index is 11.5. The quantitative estimate of drug-likeness (QED) is 0.632. The number of aldehydes is 1. The highest BCUT2D eigenvalue weighted by Crippen LogP contribution is 2.64. The Morgan fingerprint density at radius 3 is 2.71 bits per heavy atom. The zero-order valence-corrected chi connectivity index (χ0v) is 15.1. The van der Waals surface area contributed by atoms with Crippen LogP contribution in [0.5, 0.6) is 0 Å². The van der Waals surface area contributed by atoms with E-state index in [-0.39, 0.29) is 10.8 Å². The average molecular weight is 332 g/mol. The number of fused-ring (bicyclic) bond motifs is 1. The number of carbonyl (C=O) groups is 2. The molecule has 132 valence electrons. The van der Waals surface area contributed by atoms with Crippen molar-refractivity contribution < 1.29 is 19.4 Å². The summed E-state index contributed by atoms with van der Waals surface area (Å²) in [4.78, 5) is 22.8. The summed E-state index contributed by atoms with van der Waals surface area (Å²) in [5.41, 5.74) is 3.08. The van der Waals surface area contributed by atoms with Crippen molar-refractivity contribution in [1.82, 2.24) is 0 Å². The summed E-state index contributed by atoms with van der Waals surface area (Å²) in [7, 11) is 0. The maximum absolute atomic E-state index is 11.5. The molecule has 1 aliphatic heterocycles. The van der Waals surface area contributed by atoms with Crippen molar-refractivity contribution in [3.63, 3.8) is 0 Å². The molecule has 1 heterocycles. The monoisotopic (exact) mass is 332 g/mol. The van der Waals surface area contributed by atoms with E-state index in [4.69, 9.17) is 4.74 Å². The third-order valence-corrected chi connectivity index (χ3v) is 7.49. The lowest BCUT2D eigenvalue weighted by Gasteiger charge is -2.54. The van der Waals surface area contributed by atoms with E-state index < -0.39 is 12.3 Å². The van der Waals surface area contributed by atoms with Crippen molar-refractivity contribution >= 4 is 12.3 Å². The normalized spacial score (nSPS) is 42.0. The van der Waals surface area contributed by atoms with Crippen LogP contribution >= 0.6 is 0 Å². The second-order valence-corrected chi connectivity index (χ2v) is 8.40. The first-order valence-corrected chi connectivity index (χ1v) is 8.97. The summed E-state index contributed by atoms with van der Waals surface area (Å²) < 4.78 is 4.80. The highest BCUT2D eigenvalue weighted by atomic mass is 16.6. The highest BCUT2D eigenvalue weighted by Gasteiger charge is 2.55. The van der Waals surface area contributed by atoms with Crippen LogP contribution in [0.25, 0.3) is 0 Å². The number of rotatable bonds is 4. The van der Waals surface area contributed by atoms with Crippen LogP contribution in [-0.4, -0.2) is 23.7 Å². The van der Waals surface area contributed by atoms with Gasteiger partial charge in [-0.2, -0.15) is 0 Å². The van der Waals surface area contributed by atoms with Crippen LogP contribution in [0.15, 0.2) is 22.8 Å². The number of aliphatic hydroxyl groups excluding tert-OH is 1. The molecule has 3 rings (SSSR count). The van der Waals surface area contributed by atoms with Crippen molar-refractivity contribution in [2.45, 2.75) is 66.1 Å². The number of esters is 1. The highest BCUT2D eigenvalue weighted by molar-refractivity contribution is 5.85.